The highest BCUT2D eigenvalue weighted by atomic mass is 32.2. The summed E-state index contributed by atoms with van der Waals surface area (Å²) in [6, 6.07) is 5.10. The highest BCUT2D eigenvalue weighted by Gasteiger charge is 2.18. The van der Waals surface area contributed by atoms with Crippen molar-refractivity contribution in [2.45, 2.75) is 0 Å². The lowest BCUT2D eigenvalue weighted by Gasteiger charge is -2.27. The second-order valence-corrected chi connectivity index (χ2v) is 5.42. The largest absolute Gasteiger partial charge is 0.629 e. The zero-order valence-corrected chi connectivity index (χ0v) is 9.54. The van der Waals surface area contributed by atoms with Crippen LogP contribution >= 0.6 is 0 Å². The van der Waals surface area contributed by atoms with Crippen LogP contribution in [-0.4, -0.2) is 21.2 Å². The van der Waals surface area contributed by atoms with E-state index in [2.05, 4.69) is 4.72 Å². The van der Waals surface area contributed by atoms with E-state index < -0.39 is 10.0 Å². The second-order valence-electron chi connectivity index (χ2n) is 3.67. The highest BCUT2D eigenvalue weighted by molar-refractivity contribution is 7.92. The van der Waals surface area contributed by atoms with Gasteiger partial charge in [0.25, 0.3) is 0 Å². The minimum atomic E-state index is -3.36. The monoisotopic (exact) mass is 240 g/mol. The molecule has 1 aliphatic heterocycles. The molecule has 0 fully saturated rings. The lowest BCUT2D eigenvalue weighted by atomic mass is 10.1. The second kappa shape index (κ2) is 3.89. The van der Waals surface area contributed by atoms with Gasteiger partial charge in [0.15, 0.2) is 5.69 Å². The number of hydrogen-bond acceptors (Lipinski definition) is 3. The van der Waals surface area contributed by atoms with Crippen molar-refractivity contribution in [1.82, 2.24) is 0 Å². The fourth-order valence-corrected chi connectivity index (χ4v) is 2.27. The number of fused-ring (bicyclic) bond motifs is 1. The van der Waals surface area contributed by atoms with E-state index in [1.807, 2.05) is 6.08 Å². The molecular formula is C10H12N2O3S. The van der Waals surface area contributed by atoms with E-state index in [-0.39, 0.29) is 5.06 Å². The maximum absolute atomic E-state index is 11.7. The van der Waals surface area contributed by atoms with E-state index in [1.54, 1.807) is 24.3 Å². The van der Waals surface area contributed by atoms with E-state index in [4.69, 9.17) is 0 Å². The molecule has 2 N–H and O–H groups in total. The third-order valence-electron chi connectivity index (χ3n) is 2.27. The normalized spacial score (nSPS) is 19.2. The molecule has 2 rings (SSSR count). The molecule has 0 aliphatic carbocycles. The number of quaternary nitrogens is 1. The predicted octanol–water partition coefficient (Wildman–Crippen LogP) is 0.0991. The van der Waals surface area contributed by atoms with E-state index in [0.717, 1.165) is 11.8 Å². The summed E-state index contributed by atoms with van der Waals surface area (Å²) in [5, 5.41) is 11.6. The van der Waals surface area contributed by atoms with Gasteiger partial charge in [0.2, 0.25) is 10.0 Å². The Bertz CT molecular complexity index is 537. The summed E-state index contributed by atoms with van der Waals surface area (Å²) >= 11 is 0. The Kier molecular flexibility index (Phi) is 2.71. The summed E-state index contributed by atoms with van der Waals surface area (Å²) in [7, 11) is -3.36. The van der Waals surface area contributed by atoms with Crippen molar-refractivity contribution in [2.24, 2.45) is 0 Å². The number of sulfonamides is 1. The maximum Gasteiger partial charge on any atom is 0.230 e. The summed E-state index contributed by atoms with van der Waals surface area (Å²) in [4.78, 5) is 0. The van der Waals surface area contributed by atoms with Gasteiger partial charge in [-0.05, 0) is 24.3 Å². The first-order valence-electron chi connectivity index (χ1n) is 4.78. The van der Waals surface area contributed by atoms with Gasteiger partial charge in [0, 0.05) is 5.56 Å². The van der Waals surface area contributed by atoms with Crippen LogP contribution in [0.2, 0.25) is 0 Å². The fourth-order valence-electron chi connectivity index (χ4n) is 1.70. The number of hydroxylamine groups is 1. The van der Waals surface area contributed by atoms with Crippen molar-refractivity contribution in [3.63, 3.8) is 0 Å². The quantitative estimate of drug-likeness (QED) is 0.720. The Morgan fingerprint density at radius 1 is 1.44 bits per heavy atom. The average molecular weight is 240 g/mol. The third-order valence-corrected chi connectivity index (χ3v) is 2.86. The lowest BCUT2D eigenvalue weighted by molar-refractivity contribution is -0.768. The molecule has 1 atom stereocenters. The summed E-state index contributed by atoms with van der Waals surface area (Å²) in [6.45, 7) is 0.315. The number of para-hydroxylation sites is 1. The minimum Gasteiger partial charge on any atom is -0.629 e. The van der Waals surface area contributed by atoms with Crippen LogP contribution in [0.15, 0.2) is 24.3 Å². The van der Waals surface area contributed by atoms with Gasteiger partial charge in [0.1, 0.15) is 12.2 Å². The summed E-state index contributed by atoms with van der Waals surface area (Å²) in [5.41, 5.74) is 1.56. The predicted molar refractivity (Wildman–Crippen MR) is 62.8 cm³/mol. The first-order chi connectivity index (χ1) is 7.47. The molecule has 0 bridgehead atoms. The molecule has 5 nitrogen and oxygen atoms in total. The van der Waals surface area contributed by atoms with Crippen molar-refractivity contribution < 1.29 is 13.5 Å². The standard InChI is InChI=1S/C10H12N2O3S/c1-16(14,15)11-9-6-2-4-8-5-3-7-12(13)10(8)9/h2-6,11-12H,7H2,1H3. The molecule has 1 unspecified atom stereocenters. The van der Waals surface area contributed by atoms with Gasteiger partial charge in [-0.25, -0.2) is 8.42 Å². The zero-order valence-electron chi connectivity index (χ0n) is 8.73. The van der Waals surface area contributed by atoms with Crippen LogP contribution < -0.4 is 9.79 Å². The maximum atomic E-state index is 11.7. The topological polar surface area (TPSA) is 73.7 Å². The summed E-state index contributed by atoms with van der Waals surface area (Å²) < 4.78 is 24.7. The molecule has 86 valence electrons. The summed E-state index contributed by atoms with van der Waals surface area (Å²) in [6.07, 6.45) is 4.66. The van der Waals surface area contributed by atoms with Crippen LogP contribution in [0.1, 0.15) is 5.56 Å². The van der Waals surface area contributed by atoms with E-state index in [0.29, 0.717) is 17.9 Å². The van der Waals surface area contributed by atoms with Crippen molar-refractivity contribution in [3.05, 3.63) is 35.0 Å². The van der Waals surface area contributed by atoms with Gasteiger partial charge < -0.3 is 10.3 Å². The Labute approximate surface area is 94.0 Å². The number of hydrogen-bond donors (Lipinski definition) is 2. The van der Waals surface area contributed by atoms with Crippen molar-refractivity contribution in [1.29, 1.82) is 0 Å². The molecule has 0 saturated carbocycles. The van der Waals surface area contributed by atoms with Gasteiger partial charge in [-0.2, -0.15) is 0 Å². The molecule has 1 aliphatic rings. The van der Waals surface area contributed by atoms with Gasteiger partial charge in [-0.1, -0.05) is 6.07 Å². The lowest BCUT2D eigenvalue weighted by Crippen LogP contribution is -3.02. The Hall–Kier alpha value is -1.37. The SMILES string of the molecule is CS(=O)(=O)Nc1cccc2c1[NH+]([O-])CC=C2. The number of rotatable bonds is 2. The minimum absolute atomic E-state index is 0.0655. The highest BCUT2D eigenvalue weighted by Crippen LogP contribution is 2.25. The number of benzene rings is 1. The first kappa shape index (κ1) is 11.1. The molecule has 16 heavy (non-hydrogen) atoms. The van der Waals surface area contributed by atoms with Crippen molar-refractivity contribution >= 4 is 27.5 Å². The van der Waals surface area contributed by atoms with Crippen molar-refractivity contribution in [2.75, 3.05) is 17.5 Å². The molecule has 0 spiro atoms. The first-order valence-corrected chi connectivity index (χ1v) is 6.67. The average Bonchev–Trinajstić information content (AvgIpc) is 2.15. The zero-order chi connectivity index (χ0) is 11.8. The van der Waals surface area contributed by atoms with Gasteiger partial charge in [-0.15, -0.1) is 0 Å². The van der Waals surface area contributed by atoms with Crippen LogP contribution in [0.25, 0.3) is 6.08 Å². The summed E-state index contributed by atoms with van der Waals surface area (Å²) in [5.74, 6) is 0. The molecule has 1 heterocycles. The Morgan fingerprint density at radius 2 is 2.19 bits per heavy atom. The van der Waals surface area contributed by atoms with Crippen LogP contribution in [0.3, 0.4) is 0 Å². The molecule has 6 heteroatoms. The van der Waals surface area contributed by atoms with Crippen LogP contribution in [-0.2, 0) is 10.0 Å². The molecule has 0 aromatic heterocycles. The smallest absolute Gasteiger partial charge is 0.230 e. The molecule has 0 amide bonds. The van der Waals surface area contributed by atoms with Crippen LogP contribution in [0, 0.1) is 5.21 Å². The Balaban J connectivity index is 2.51. The van der Waals surface area contributed by atoms with Gasteiger partial charge in [0.05, 0.1) is 6.26 Å². The molecule has 0 radical (unpaired) electrons. The molecule has 1 aromatic carbocycles. The number of nitrogens with one attached hydrogen (secondary N) is 2. The van der Waals surface area contributed by atoms with E-state index >= 15 is 0 Å². The molecular weight excluding hydrogens is 228 g/mol. The van der Waals surface area contributed by atoms with Crippen molar-refractivity contribution in [3.8, 4) is 0 Å². The molecule has 1 aromatic rings. The van der Waals surface area contributed by atoms with Crippen LogP contribution in [0.5, 0.6) is 0 Å². The van der Waals surface area contributed by atoms with Gasteiger partial charge >= 0.3 is 0 Å². The fraction of sp³-hybridized carbons (Fsp3) is 0.200. The van der Waals surface area contributed by atoms with E-state index in [1.165, 1.54) is 0 Å². The third kappa shape index (κ3) is 2.24. The molecule has 0 saturated heterocycles. The number of anilines is 1. The van der Waals surface area contributed by atoms with Gasteiger partial charge in [-0.3, -0.25) is 4.72 Å². The van der Waals surface area contributed by atoms with Crippen LogP contribution in [0.4, 0.5) is 11.4 Å². The van der Waals surface area contributed by atoms with E-state index in [9.17, 15) is 13.6 Å². The Morgan fingerprint density at radius 3 is 2.88 bits per heavy atom.